The Morgan fingerprint density at radius 1 is 1.23 bits per heavy atom. The molecule has 1 aliphatic rings. The molecule has 0 radical (unpaired) electrons. The standard InChI is InChI=1S/C21H24N4O4S2/c1-15-5-7-16(8-6-15)22-21-23-17(14-30-21)13-29-20(26)19-11-18(12-24(19)2)31(27,28)25-9-3-4-10-25/h5-8,11-12,14H,3-4,9-10,13H2,1-2H3,(H,22,23). The molecule has 1 saturated heterocycles. The van der Waals surface area contributed by atoms with Gasteiger partial charge in [0.2, 0.25) is 10.0 Å². The van der Waals surface area contributed by atoms with Crippen molar-refractivity contribution in [3.8, 4) is 0 Å². The van der Waals surface area contributed by atoms with Crippen molar-refractivity contribution in [3.63, 3.8) is 0 Å². The number of nitrogens with zero attached hydrogens (tertiary/aromatic N) is 3. The highest BCUT2D eigenvalue weighted by atomic mass is 32.2. The Balaban J connectivity index is 1.39. The van der Waals surface area contributed by atoms with Gasteiger partial charge in [-0.3, -0.25) is 0 Å². The summed E-state index contributed by atoms with van der Waals surface area (Å²) in [4.78, 5) is 17.1. The molecule has 0 bridgehead atoms. The van der Waals surface area contributed by atoms with Gasteiger partial charge >= 0.3 is 5.97 Å². The van der Waals surface area contributed by atoms with Gasteiger partial charge in [0.25, 0.3) is 0 Å². The summed E-state index contributed by atoms with van der Waals surface area (Å²) in [5.41, 5.74) is 2.91. The van der Waals surface area contributed by atoms with Crippen LogP contribution in [0.1, 0.15) is 34.6 Å². The molecule has 1 N–H and O–H groups in total. The Morgan fingerprint density at radius 2 is 1.94 bits per heavy atom. The van der Waals surface area contributed by atoms with E-state index in [1.54, 1.807) is 7.05 Å². The molecule has 3 heterocycles. The fraction of sp³-hybridized carbons (Fsp3) is 0.333. The smallest absolute Gasteiger partial charge is 0.355 e. The SMILES string of the molecule is Cc1ccc(Nc2nc(COC(=O)c3cc(S(=O)(=O)N4CCCC4)cn3C)cs2)cc1. The molecule has 0 amide bonds. The molecular formula is C21H24N4O4S2. The minimum Gasteiger partial charge on any atom is -0.454 e. The van der Waals surface area contributed by atoms with Crippen LogP contribution in [0.3, 0.4) is 0 Å². The van der Waals surface area contributed by atoms with Gasteiger partial charge < -0.3 is 14.6 Å². The molecule has 0 aliphatic carbocycles. The number of anilines is 2. The number of rotatable bonds is 7. The van der Waals surface area contributed by atoms with Crippen LogP contribution in [0.25, 0.3) is 0 Å². The summed E-state index contributed by atoms with van der Waals surface area (Å²) in [6.45, 7) is 3.06. The lowest BCUT2D eigenvalue weighted by atomic mass is 10.2. The van der Waals surface area contributed by atoms with Crippen LogP contribution in [0.2, 0.25) is 0 Å². The molecule has 3 aromatic rings. The molecule has 2 aromatic heterocycles. The number of esters is 1. The van der Waals surface area contributed by atoms with Crippen molar-refractivity contribution in [3.05, 3.63) is 58.9 Å². The van der Waals surface area contributed by atoms with Gasteiger partial charge in [0.05, 0.1) is 5.69 Å². The third kappa shape index (κ3) is 4.81. The fourth-order valence-electron chi connectivity index (χ4n) is 3.36. The second-order valence-electron chi connectivity index (χ2n) is 7.49. The van der Waals surface area contributed by atoms with Gasteiger partial charge in [-0.05, 0) is 38.0 Å². The summed E-state index contributed by atoms with van der Waals surface area (Å²) >= 11 is 1.42. The maximum Gasteiger partial charge on any atom is 0.355 e. The number of ether oxygens (including phenoxy) is 1. The first-order valence-electron chi connectivity index (χ1n) is 9.95. The lowest BCUT2D eigenvalue weighted by molar-refractivity contribution is 0.0457. The van der Waals surface area contributed by atoms with Gasteiger partial charge in [0.1, 0.15) is 17.2 Å². The topological polar surface area (TPSA) is 93.5 Å². The number of thiazole rings is 1. The van der Waals surface area contributed by atoms with E-state index in [0.717, 1.165) is 18.5 Å². The van der Waals surface area contributed by atoms with Crippen LogP contribution in [0, 0.1) is 6.92 Å². The van der Waals surface area contributed by atoms with E-state index in [4.69, 9.17) is 4.74 Å². The van der Waals surface area contributed by atoms with E-state index in [9.17, 15) is 13.2 Å². The normalized spacial score (nSPS) is 14.6. The third-order valence-corrected chi connectivity index (χ3v) is 7.77. The van der Waals surface area contributed by atoms with Crippen LogP contribution in [-0.4, -0.2) is 41.3 Å². The van der Waals surface area contributed by atoms with Gasteiger partial charge in [-0.15, -0.1) is 11.3 Å². The number of aromatic nitrogens is 2. The highest BCUT2D eigenvalue weighted by molar-refractivity contribution is 7.89. The second kappa shape index (κ2) is 8.81. The van der Waals surface area contributed by atoms with Crippen LogP contribution < -0.4 is 5.32 Å². The molecule has 0 unspecified atom stereocenters. The van der Waals surface area contributed by atoms with Crippen molar-refractivity contribution in [1.29, 1.82) is 0 Å². The van der Waals surface area contributed by atoms with E-state index < -0.39 is 16.0 Å². The van der Waals surface area contributed by atoms with Crippen LogP contribution in [0.5, 0.6) is 0 Å². The molecule has 0 atom stereocenters. The predicted octanol–water partition coefficient (Wildman–Crippen LogP) is 3.68. The summed E-state index contributed by atoms with van der Waals surface area (Å²) < 4.78 is 33.7. The van der Waals surface area contributed by atoms with E-state index in [2.05, 4.69) is 10.3 Å². The van der Waals surface area contributed by atoms with Crippen LogP contribution >= 0.6 is 11.3 Å². The second-order valence-corrected chi connectivity index (χ2v) is 10.3. The average molecular weight is 461 g/mol. The minimum atomic E-state index is -3.58. The summed E-state index contributed by atoms with van der Waals surface area (Å²) in [6.07, 6.45) is 3.17. The number of hydrogen-bond acceptors (Lipinski definition) is 7. The van der Waals surface area contributed by atoms with Crippen molar-refractivity contribution in [2.24, 2.45) is 7.05 Å². The molecule has 31 heavy (non-hydrogen) atoms. The number of carbonyl (C=O) groups is 1. The summed E-state index contributed by atoms with van der Waals surface area (Å²) in [7, 11) is -1.95. The minimum absolute atomic E-state index is 0.00427. The Bertz CT molecular complexity index is 1180. The van der Waals surface area contributed by atoms with Crippen molar-refractivity contribution >= 4 is 38.1 Å². The van der Waals surface area contributed by atoms with Crippen LogP contribution in [0.4, 0.5) is 10.8 Å². The number of sulfonamides is 1. The first-order valence-corrected chi connectivity index (χ1v) is 12.3. The zero-order chi connectivity index (χ0) is 22.0. The van der Waals surface area contributed by atoms with Crippen molar-refractivity contribution < 1.29 is 17.9 Å². The fourth-order valence-corrected chi connectivity index (χ4v) is 5.66. The first kappa shape index (κ1) is 21.5. The van der Waals surface area contributed by atoms with Gasteiger partial charge in [0.15, 0.2) is 5.13 Å². The molecule has 1 fully saturated rings. The molecule has 0 spiro atoms. The zero-order valence-corrected chi connectivity index (χ0v) is 19.0. The molecule has 1 aromatic carbocycles. The van der Waals surface area contributed by atoms with Crippen molar-refractivity contribution in [2.75, 3.05) is 18.4 Å². The molecule has 8 nitrogen and oxygen atoms in total. The highest BCUT2D eigenvalue weighted by Gasteiger charge is 2.29. The molecule has 0 saturated carbocycles. The van der Waals surface area contributed by atoms with Gasteiger partial charge in [-0.1, -0.05) is 17.7 Å². The lowest BCUT2D eigenvalue weighted by Gasteiger charge is -2.13. The van der Waals surface area contributed by atoms with Crippen LogP contribution in [0.15, 0.2) is 46.8 Å². The van der Waals surface area contributed by atoms with Crippen LogP contribution in [-0.2, 0) is 28.4 Å². The lowest BCUT2D eigenvalue weighted by Crippen LogP contribution is -2.27. The Kier molecular flexibility index (Phi) is 6.12. The molecule has 1 aliphatic heterocycles. The van der Waals surface area contributed by atoms with Gasteiger partial charge in [0, 0.05) is 37.4 Å². The highest BCUT2D eigenvalue weighted by Crippen LogP contribution is 2.24. The number of hydrogen-bond donors (Lipinski definition) is 1. The molecule has 4 rings (SSSR count). The van der Waals surface area contributed by atoms with Gasteiger partial charge in [-0.2, -0.15) is 4.31 Å². The van der Waals surface area contributed by atoms with E-state index in [1.807, 2.05) is 36.6 Å². The van der Waals surface area contributed by atoms with Crippen molar-refractivity contribution in [2.45, 2.75) is 31.3 Å². The van der Waals surface area contributed by atoms with Gasteiger partial charge in [-0.25, -0.2) is 18.2 Å². The predicted molar refractivity (Wildman–Crippen MR) is 119 cm³/mol. The summed E-state index contributed by atoms with van der Waals surface area (Å²) in [6, 6.07) is 9.34. The quantitative estimate of drug-likeness (QED) is 0.541. The summed E-state index contributed by atoms with van der Waals surface area (Å²) in [5, 5.41) is 5.74. The molecular weight excluding hydrogens is 436 g/mol. The molecule has 164 valence electrons. The maximum absolute atomic E-state index is 12.7. The van der Waals surface area contributed by atoms with Crippen molar-refractivity contribution in [1.82, 2.24) is 13.9 Å². The Labute approximate surface area is 185 Å². The number of aryl methyl sites for hydroxylation is 2. The number of benzene rings is 1. The number of carbonyl (C=O) groups excluding carboxylic acids is 1. The maximum atomic E-state index is 12.7. The monoisotopic (exact) mass is 460 g/mol. The first-order chi connectivity index (χ1) is 14.8. The number of nitrogens with one attached hydrogen (secondary N) is 1. The third-order valence-electron chi connectivity index (χ3n) is 5.10. The summed E-state index contributed by atoms with van der Waals surface area (Å²) in [5.74, 6) is -0.591. The van der Waals surface area contributed by atoms with E-state index in [0.29, 0.717) is 23.9 Å². The Morgan fingerprint density at radius 3 is 2.65 bits per heavy atom. The largest absolute Gasteiger partial charge is 0.454 e. The average Bonchev–Trinajstić information content (AvgIpc) is 3.49. The zero-order valence-electron chi connectivity index (χ0n) is 17.4. The van der Waals surface area contributed by atoms with E-state index in [-0.39, 0.29) is 17.2 Å². The Hall–Kier alpha value is -2.69. The molecule has 10 heteroatoms. The van der Waals surface area contributed by atoms with E-state index in [1.165, 1.54) is 38.0 Å². The van der Waals surface area contributed by atoms with E-state index >= 15 is 0 Å².